The van der Waals surface area contributed by atoms with E-state index in [9.17, 15) is 0 Å². The van der Waals surface area contributed by atoms with Crippen molar-refractivity contribution in [3.63, 3.8) is 0 Å². The molecule has 0 spiro atoms. The van der Waals surface area contributed by atoms with Crippen LogP contribution in [0.5, 0.6) is 5.75 Å². The van der Waals surface area contributed by atoms with Crippen LogP contribution in [0.15, 0.2) is 53.0 Å². The summed E-state index contributed by atoms with van der Waals surface area (Å²) in [6.07, 6.45) is 4.82. The summed E-state index contributed by atoms with van der Waals surface area (Å²) in [6.45, 7) is 1.87. The molecule has 4 rings (SSSR count). The Balaban J connectivity index is 1.30. The molecule has 0 radical (unpaired) electrons. The predicted octanol–water partition coefficient (Wildman–Crippen LogP) is 5.83. The molecule has 0 unspecified atom stereocenters. The number of nitrogens with zero attached hydrogens (tertiary/aromatic N) is 2. The molecule has 2 aromatic carbocycles. The Morgan fingerprint density at radius 3 is 2.59 bits per heavy atom. The van der Waals surface area contributed by atoms with E-state index >= 15 is 0 Å². The fourth-order valence-electron chi connectivity index (χ4n) is 4.62. The number of ether oxygens (including phenoxy) is 1. The maximum absolute atomic E-state index is 5.49. The molecule has 5 nitrogen and oxygen atoms in total. The number of hydrogen-bond acceptors (Lipinski definition) is 5. The summed E-state index contributed by atoms with van der Waals surface area (Å²) in [6, 6.07) is 17.2. The zero-order valence-corrected chi connectivity index (χ0v) is 20.8. The molecule has 2 N–H and O–H groups in total. The van der Waals surface area contributed by atoms with Crippen LogP contribution in [0.4, 0.5) is 11.5 Å². The molecule has 0 aliphatic heterocycles. The third kappa shape index (κ3) is 5.54. The van der Waals surface area contributed by atoms with Gasteiger partial charge in [0, 0.05) is 53.9 Å². The van der Waals surface area contributed by atoms with Crippen molar-refractivity contribution < 1.29 is 4.74 Å². The van der Waals surface area contributed by atoms with E-state index in [0.29, 0.717) is 12.0 Å². The van der Waals surface area contributed by atoms with Crippen molar-refractivity contribution in [3.05, 3.63) is 58.6 Å². The SMILES string of the molecule is COc1ccc(Br)cc1CNCC1CCC(Nc2cc(N(C)C)c3ccccc3n2)CC1. The monoisotopic (exact) mass is 496 g/mol. The molecule has 0 amide bonds. The molecule has 32 heavy (non-hydrogen) atoms. The van der Waals surface area contributed by atoms with Gasteiger partial charge in [-0.3, -0.25) is 0 Å². The van der Waals surface area contributed by atoms with Crippen molar-refractivity contribution in [2.24, 2.45) is 5.92 Å². The van der Waals surface area contributed by atoms with E-state index in [1.807, 2.05) is 12.1 Å². The lowest BCUT2D eigenvalue weighted by Gasteiger charge is -2.30. The average Bonchev–Trinajstić information content (AvgIpc) is 2.80. The minimum Gasteiger partial charge on any atom is -0.496 e. The molecule has 1 aliphatic rings. The number of nitrogens with one attached hydrogen (secondary N) is 2. The highest BCUT2D eigenvalue weighted by atomic mass is 79.9. The van der Waals surface area contributed by atoms with Gasteiger partial charge in [-0.2, -0.15) is 0 Å². The van der Waals surface area contributed by atoms with Crippen LogP contribution in [0.1, 0.15) is 31.2 Å². The van der Waals surface area contributed by atoms with Gasteiger partial charge in [0.15, 0.2) is 0 Å². The van der Waals surface area contributed by atoms with Gasteiger partial charge in [-0.15, -0.1) is 0 Å². The topological polar surface area (TPSA) is 49.4 Å². The van der Waals surface area contributed by atoms with Gasteiger partial charge in [-0.05, 0) is 62.4 Å². The minimum absolute atomic E-state index is 0.486. The van der Waals surface area contributed by atoms with Crippen LogP contribution in [0.25, 0.3) is 10.9 Å². The van der Waals surface area contributed by atoms with Gasteiger partial charge in [0.25, 0.3) is 0 Å². The van der Waals surface area contributed by atoms with Gasteiger partial charge < -0.3 is 20.3 Å². The quantitative estimate of drug-likeness (QED) is 0.410. The van der Waals surface area contributed by atoms with E-state index < -0.39 is 0 Å². The molecule has 3 aromatic rings. The van der Waals surface area contributed by atoms with Crippen LogP contribution < -0.4 is 20.3 Å². The zero-order chi connectivity index (χ0) is 22.5. The molecule has 1 aliphatic carbocycles. The van der Waals surface area contributed by atoms with Gasteiger partial charge >= 0.3 is 0 Å². The van der Waals surface area contributed by atoms with Gasteiger partial charge in [0.1, 0.15) is 11.6 Å². The number of fused-ring (bicyclic) bond motifs is 1. The number of rotatable bonds is 8. The maximum atomic E-state index is 5.49. The summed E-state index contributed by atoms with van der Waals surface area (Å²) in [5.41, 5.74) is 3.44. The van der Waals surface area contributed by atoms with Crippen LogP contribution >= 0.6 is 15.9 Å². The zero-order valence-electron chi connectivity index (χ0n) is 19.2. The fraction of sp³-hybridized carbons (Fsp3) is 0.423. The summed E-state index contributed by atoms with van der Waals surface area (Å²) in [5, 5.41) is 8.55. The lowest BCUT2D eigenvalue weighted by Crippen LogP contribution is -2.31. The predicted molar refractivity (Wildman–Crippen MR) is 138 cm³/mol. The average molecular weight is 497 g/mol. The largest absolute Gasteiger partial charge is 0.496 e. The summed E-state index contributed by atoms with van der Waals surface area (Å²) < 4.78 is 6.57. The summed E-state index contributed by atoms with van der Waals surface area (Å²) in [4.78, 5) is 7.04. The van der Waals surface area contributed by atoms with E-state index in [2.05, 4.69) is 82.0 Å². The number of methoxy groups -OCH3 is 1. The molecule has 0 bridgehead atoms. The molecule has 1 aromatic heterocycles. The first-order valence-electron chi connectivity index (χ1n) is 11.4. The number of para-hydroxylation sites is 1. The van der Waals surface area contributed by atoms with Crippen LogP contribution in [0.3, 0.4) is 0 Å². The highest BCUT2D eigenvalue weighted by Gasteiger charge is 2.22. The van der Waals surface area contributed by atoms with Crippen molar-refractivity contribution in [3.8, 4) is 5.75 Å². The normalized spacial score (nSPS) is 18.5. The number of aromatic nitrogens is 1. The number of halogens is 1. The van der Waals surface area contributed by atoms with Crippen molar-refractivity contribution in [1.29, 1.82) is 0 Å². The van der Waals surface area contributed by atoms with E-state index in [-0.39, 0.29) is 0 Å². The third-order valence-corrected chi connectivity index (χ3v) is 6.86. The van der Waals surface area contributed by atoms with Gasteiger partial charge in [-0.25, -0.2) is 4.98 Å². The van der Waals surface area contributed by atoms with Crippen molar-refractivity contribution in [2.45, 2.75) is 38.3 Å². The molecule has 0 atom stereocenters. The Morgan fingerprint density at radius 2 is 1.84 bits per heavy atom. The first-order chi connectivity index (χ1) is 15.5. The number of anilines is 2. The van der Waals surface area contributed by atoms with Gasteiger partial charge in [0.2, 0.25) is 0 Å². The minimum atomic E-state index is 0.486. The highest BCUT2D eigenvalue weighted by Crippen LogP contribution is 2.30. The van der Waals surface area contributed by atoms with Crippen molar-refractivity contribution in [1.82, 2.24) is 10.3 Å². The lowest BCUT2D eigenvalue weighted by atomic mass is 9.86. The second-order valence-corrected chi connectivity index (χ2v) is 9.80. The molecule has 1 fully saturated rings. The standard InChI is InChI=1S/C26H33BrN4O/c1-31(2)24-15-26(30-23-7-5-4-6-22(23)24)29-21-11-8-18(9-12-21)16-28-17-19-14-20(27)10-13-25(19)32-3/h4-7,10,13-15,18,21,28H,8-9,11-12,16-17H2,1-3H3,(H,29,30). The van der Waals surface area contributed by atoms with E-state index in [0.717, 1.165) is 34.6 Å². The van der Waals surface area contributed by atoms with Crippen LogP contribution in [0.2, 0.25) is 0 Å². The maximum Gasteiger partial charge on any atom is 0.128 e. The lowest BCUT2D eigenvalue weighted by molar-refractivity contribution is 0.323. The van der Waals surface area contributed by atoms with Crippen LogP contribution in [-0.4, -0.2) is 38.8 Å². The third-order valence-electron chi connectivity index (χ3n) is 6.37. The van der Waals surface area contributed by atoms with Gasteiger partial charge in [0.05, 0.1) is 12.6 Å². The molecule has 170 valence electrons. The van der Waals surface area contributed by atoms with Crippen LogP contribution in [0, 0.1) is 5.92 Å². The first-order valence-corrected chi connectivity index (χ1v) is 12.2. The van der Waals surface area contributed by atoms with E-state index in [1.54, 1.807) is 7.11 Å². The number of pyridine rings is 1. The fourth-order valence-corrected chi connectivity index (χ4v) is 5.03. The molecule has 0 saturated heterocycles. The Kier molecular flexibility index (Phi) is 7.53. The summed E-state index contributed by atoms with van der Waals surface area (Å²) in [5.74, 6) is 2.64. The number of benzene rings is 2. The van der Waals surface area contributed by atoms with Crippen molar-refractivity contribution in [2.75, 3.05) is 38.0 Å². The van der Waals surface area contributed by atoms with E-state index in [1.165, 1.54) is 42.3 Å². The summed E-state index contributed by atoms with van der Waals surface area (Å²) >= 11 is 3.56. The molecule has 6 heteroatoms. The molecular weight excluding hydrogens is 464 g/mol. The van der Waals surface area contributed by atoms with Gasteiger partial charge in [-0.1, -0.05) is 34.1 Å². The Hall–Kier alpha value is -2.31. The molecule has 1 heterocycles. The smallest absolute Gasteiger partial charge is 0.128 e. The molecular formula is C26H33BrN4O. The van der Waals surface area contributed by atoms with Crippen LogP contribution in [-0.2, 0) is 6.54 Å². The highest BCUT2D eigenvalue weighted by molar-refractivity contribution is 9.10. The Labute approximate surface area is 199 Å². The summed E-state index contributed by atoms with van der Waals surface area (Å²) in [7, 11) is 5.91. The first kappa shape index (κ1) is 22.9. The Bertz CT molecular complexity index is 1050. The second-order valence-electron chi connectivity index (χ2n) is 8.89. The molecule has 1 saturated carbocycles. The van der Waals surface area contributed by atoms with E-state index in [4.69, 9.17) is 9.72 Å². The Morgan fingerprint density at radius 1 is 1.06 bits per heavy atom. The van der Waals surface area contributed by atoms with Crippen molar-refractivity contribution >= 4 is 38.3 Å². The second kappa shape index (κ2) is 10.5. The number of hydrogen-bond donors (Lipinski definition) is 2.